The molecule has 0 saturated heterocycles. The summed E-state index contributed by atoms with van der Waals surface area (Å²) in [5.41, 5.74) is 4.03. The van der Waals surface area contributed by atoms with Gasteiger partial charge in [-0.15, -0.1) is 0 Å². The molecule has 0 atom stereocenters. The van der Waals surface area contributed by atoms with E-state index in [-0.39, 0.29) is 0 Å². The molecule has 0 fully saturated rings. The van der Waals surface area contributed by atoms with E-state index in [1.54, 1.807) is 6.20 Å². The summed E-state index contributed by atoms with van der Waals surface area (Å²) in [6.07, 6.45) is 3.62. The van der Waals surface area contributed by atoms with Gasteiger partial charge in [-0.1, -0.05) is 18.2 Å². The number of furan rings is 1. The number of para-hydroxylation sites is 1. The van der Waals surface area contributed by atoms with Gasteiger partial charge in [0.1, 0.15) is 11.2 Å². The lowest BCUT2D eigenvalue weighted by molar-refractivity contribution is 0.669. The number of hydrogen-bond donors (Lipinski definition) is 1. The number of H-pyrrole nitrogens is 1. The fourth-order valence-corrected chi connectivity index (χ4v) is 2.96. The number of fused-ring (bicyclic) bond motifs is 6. The van der Waals surface area contributed by atoms with Crippen molar-refractivity contribution in [2.75, 3.05) is 0 Å². The standard InChI is InChI=1S/C17H10N2O/c1-2-4-14-10(3-1)11-7-12-13-9-18-6-5-16(13)20-17(12)8-15(11)19-14/h1-9,19H. The highest BCUT2D eigenvalue weighted by Gasteiger charge is 2.11. The molecule has 5 aromatic rings. The summed E-state index contributed by atoms with van der Waals surface area (Å²) in [5.74, 6) is 0. The molecule has 0 spiro atoms. The smallest absolute Gasteiger partial charge is 0.138 e. The van der Waals surface area contributed by atoms with Gasteiger partial charge >= 0.3 is 0 Å². The lowest BCUT2D eigenvalue weighted by Crippen LogP contribution is -1.70. The minimum absolute atomic E-state index is 0.881. The maximum atomic E-state index is 5.90. The van der Waals surface area contributed by atoms with Crippen molar-refractivity contribution in [3.8, 4) is 0 Å². The molecule has 0 radical (unpaired) electrons. The number of pyridine rings is 1. The Bertz CT molecular complexity index is 1020. The van der Waals surface area contributed by atoms with E-state index in [4.69, 9.17) is 4.42 Å². The molecular formula is C17H10N2O. The molecule has 3 heteroatoms. The first kappa shape index (κ1) is 10.0. The van der Waals surface area contributed by atoms with Gasteiger partial charge in [0, 0.05) is 45.5 Å². The van der Waals surface area contributed by atoms with Crippen LogP contribution in [0.3, 0.4) is 0 Å². The van der Waals surface area contributed by atoms with Gasteiger partial charge in [-0.25, -0.2) is 0 Å². The van der Waals surface area contributed by atoms with Crippen molar-refractivity contribution < 1.29 is 4.42 Å². The van der Waals surface area contributed by atoms with Crippen LogP contribution in [0.2, 0.25) is 0 Å². The Kier molecular flexibility index (Phi) is 1.70. The van der Waals surface area contributed by atoms with Gasteiger partial charge in [-0.05, 0) is 18.2 Å². The number of benzene rings is 2. The van der Waals surface area contributed by atoms with Gasteiger partial charge in [0.05, 0.1) is 5.52 Å². The van der Waals surface area contributed by atoms with Crippen molar-refractivity contribution in [1.82, 2.24) is 9.97 Å². The summed E-state index contributed by atoms with van der Waals surface area (Å²) in [4.78, 5) is 7.64. The molecule has 3 nitrogen and oxygen atoms in total. The van der Waals surface area contributed by atoms with E-state index in [2.05, 4.69) is 40.3 Å². The quantitative estimate of drug-likeness (QED) is 0.440. The summed E-state index contributed by atoms with van der Waals surface area (Å²) in [7, 11) is 0. The van der Waals surface area contributed by atoms with Gasteiger partial charge in [-0.3, -0.25) is 4.98 Å². The Labute approximate surface area is 113 Å². The number of hydrogen-bond acceptors (Lipinski definition) is 2. The van der Waals surface area contributed by atoms with E-state index < -0.39 is 0 Å². The second kappa shape index (κ2) is 3.39. The Hall–Kier alpha value is -2.81. The fourth-order valence-electron chi connectivity index (χ4n) is 2.96. The highest BCUT2D eigenvalue weighted by molar-refractivity contribution is 6.15. The average molecular weight is 258 g/mol. The molecule has 2 aromatic carbocycles. The first-order valence-corrected chi connectivity index (χ1v) is 6.57. The fraction of sp³-hybridized carbons (Fsp3) is 0. The lowest BCUT2D eigenvalue weighted by atomic mass is 10.1. The average Bonchev–Trinajstić information content (AvgIpc) is 3.02. The first-order valence-electron chi connectivity index (χ1n) is 6.57. The van der Waals surface area contributed by atoms with Crippen LogP contribution in [0.1, 0.15) is 0 Å². The van der Waals surface area contributed by atoms with Crippen molar-refractivity contribution in [3.63, 3.8) is 0 Å². The maximum absolute atomic E-state index is 5.90. The SMILES string of the molecule is c1ccc2c(c1)[nH]c1cc3oc4ccncc4c3cc12. The van der Waals surface area contributed by atoms with Crippen LogP contribution in [0.25, 0.3) is 43.7 Å². The first-order chi connectivity index (χ1) is 9.90. The van der Waals surface area contributed by atoms with Crippen molar-refractivity contribution in [3.05, 3.63) is 54.9 Å². The molecule has 0 saturated carbocycles. The van der Waals surface area contributed by atoms with Crippen LogP contribution in [-0.2, 0) is 0 Å². The van der Waals surface area contributed by atoms with Crippen molar-refractivity contribution in [1.29, 1.82) is 0 Å². The highest BCUT2D eigenvalue weighted by Crippen LogP contribution is 2.34. The second-order valence-corrected chi connectivity index (χ2v) is 5.04. The molecule has 3 heterocycles. The Morgan fingerprint density at radius 3 is 2.75 bits per heavy atom. The van der Waals surface area contributed by atoms with Crippen molar-refractivity contribution in [2.24, 2.45) is 0 Å². The largest absolute Gasteiger partial charge is 0.456 e. The predicted molar refractivity (Wildman–Crippen MR) is 80.9 cm³/mol. The molecule has 0 aliphatic heterocycles. The highest BCUT2D eigenvalue weighted by atomic mass is 16.3. The number of nitrogens with one attached hydrogen (secondary N) is 1. The van der Waals surface area contributed by atoms with Gasteiger partial charge in [0.15, 0.2) is 0 Å². The third-order valence-corrected chi connectivity index (χ3v) is 3.90. The Morgan fingerprint density at radius 2 is 1.75 bits per heavy atom. The second-order valence-electron chi connectivity index (χ2n) is 5.04. The summed E-state index contributed by atoms with van der Waals surface area (Å²) >= 11 is 0. The zero-order valence-electron chi connectivity index (χ0n) is 10.6. The molecule has 0 amide bonds. The van der Waals surface area contributed by atoms with Crippen LogP contribution in [-0.4, -0.2) is 9.97 Å². The zero-order valence-corrected chi connectivity index (χ0v) is 10.6. The van der Waals surface area contributed by atoms with E-state index >= 15 is 0 Å². The van der Waals surface area contributed by atoms with Crippen LogP contribution in [0.5, 0.6) is 0 Å². The van der Waals surface area contributed by atoms with E-state index in [1.807, 2.05) is 18.3 Å². The van der Waals surface area contributed by atoms with Crippen molar-refractivity contribution >= 4 is 43.7 Å². The number of rotatable bonds is 0. The zero-order chi connectivity index (χ0) is 13.1. The van der Waals surface area contributed by atoms with Crippen LogP contribution in [0.15, 0.2) is 59.3 Å². The minimum atomic E-state index is 0.881. The summed E-state index contributed by atoms with van der Waals surface area (Å²) in [6, 6.07) is 14.5. The summed E-state index contributed by atoms with van der Waals surface area (Å²) in [5, 5.41) is 4.64. The molecule has 94 valence electrons. The lowest BCUT2D eigenvalue weighted by Gasteiger charge is -1.92. The molecule has 20 heavy (non-hydrogen) atoms. The molecule has 3 aromatic heterocycles. The van der Waals surface area contributed by atoms with E-state index in [0.29, 0.717) is 0 Å². The topological polar surface area (TPSA) is 41.8 Å². The third kappa shape index (κ3) is 1.17. The normalized spacial score (nSPS) is 12.0. The number of nitrogens with zero attached hydrogens (tertiary/aromatic N) is 1. The van der Waals surface area contributed by atoms with Crippen LogP contribution < -0.4 is 0 Å². The minimum Gasteiger partial charge on any atom is -0.456 e. The Morgan fingerprint density at radius 1 is 0.800 bits per heavy atom. The molecule has 0 aliphatic carbocycles. The van der Waals surface area contributed by atoms with E-state index in [9.17, 15) is 0 Å². The molecule has 0 bridgehead atoms. The monoisotopic (exact) mass is 258 g/mol. The molecular weight excluding hydrogens is 248 g/mol. The van der Waals surface area contributed by atoms with Crippen LogP contribution in [0, 0.1) is 0 Å². The predicted octanol–water partition coefficient (Wildman–Crippen LogP) is 4.62. The van der Waals surface area contributed by atoms with Crippen LogP contribution in [0.4, 0.5) is 0 Å². The van der Waals surface area contributed by atoms with Gasteiger partial charge in [0.2, 0.25) is 0 Å². The van der Waals surface area contributed by atoms with E-state index in [1.165, 1.54) is 10.8 Å². The third-order valence-electron chi connectivity index (χ3n) is 3.90. The molecule has 1 N–H and O–H groups in total. The number of aromatic nitrogens is 2. The summed E-state index contributed by atoms with van der Waals surface area (Å²) < 4.78 is 5.90. The summed E-state index contributed by atoms with van der Waals surface area (Å²) in [6.45, 7) is 0. The molecule has 0 unspecified atom stereocenters. The van der Waals surface area contributed by atoms with Gasteiger partial charge in [-0.2, -0.15) is 0 Å². The van der Waals surface area contributed by atoms with E-state index in [0.717, 1.165) is 33.0 Å². The van der Waals surface area contributed by atoms with Crippen LogP contribution >= 0.6 is 0 Å². The number of aromatic amines is 1. The molecule has 0 aliphatic rings. The van der Waals surface area contributed by atoms with Crippen molar-refractivity contribution in [2.45, 2.75) is 0 Å². The Balaban J connectivity index is 2.06. The van der Waals surface area contributed by atoms with Gasteiger partial charge in [0.25, 0.3) is 0 Å². The molecule has 5 rings (SSSR count). The maximum Gasteiger partial charge on any atom is 0.138 e. The van der Waals surface area contributed by atoms with Gasteiger partial charge < -0.3 is 9.40 Å².